The maximum atomic E-state index is 10.6. The first-order valence-corrected chi connectivity index (χ1v) is 7.25. The van der Waals surface area contributed by atoms with Gasteiger partial charge in [-0.25, -0.2) is 0 Å². The lowest BCUT2D eigenvalue weighted by Crippen LogP contribution is -1.88. The van der Waals surface area contributed by atoms with E-state index in [-0.39, 0.29) is 5.69 Å². The first-order chi connectivity index (χ1) is 11.0. The topological polar surface area (TPSA) is 66.9 Å². The summed E-state index contributed by atoms with van der Waals surface area (Å²) in [6, 6.07) is 14.8. The Morgan fingerprint density at radius 3 is 2.13 bits per heavy atom. The summed E-state index contributed by atoms with van der Waals surface area (Å²) >= 11 is 12.0. The number of halogens is 2. The maximum absolute atomic E-state index is 10.6. The number of hydrogen-bond acceptors (Lipinski definition) is 3. The summed E-state index contributed by atoms with van der Waals surface area (Å²) in [6.07, 6.45) is 3.17. The predicted octanol–water partition coefficient (Wildman–Crippen LogP) is 5.44. The lowest BCUT2D eigenvalue weighted by molar-refractivity contribution is -0.384. The van der Waals surface area contributed by atoms with Crippen LogP contribution in [0.2, 0.25) is 5.02 Å². The molecule has 0 aliphatic carbocycles. The summed E-state index contributed by atoms with van der Waals surface area (Å²) < 4.78 is 0. The van der Waals surface area contributed by atoms with Gasteiger partial charge in [-0.3, -0.25) is 10.1 Å². The fraction of sp³-hybridized carbons (Fsp3) is 0. The molecule has 0 unspecified atom stereocenters. The lowest BCUT2D eigenvalue weighted by Gasteiger charge is -2.00. The summed E-state index contributed by atoms with van der Waals surface area (Å²) in [5, 5.41) is 20.9. The van der Waals surface area contributed by atoms with Crippen LogP contribution in [0.3, 0.4) is 0 Å². The van der Waals surface area contributed by atoms with Gasteiger partial charge in [0, 0.05) is 22.2 Å². The molecule has 2 rings (SSSR count). The van der Waals surface area contributed by atoms with E-state index in [1.807, 2.05) is 6.07 Å². The number of benzene rings is 2. The minimum atomic E-state index is -0.489. The molecule has 0 saturated carbocycles. The standard InChI is InChI=1S/C17H10Cl2N2O2/c18-15-6-1-13(2-7-15)17(19)10-5-14(11-20)12-3-8-16(9-4-12)21(22)23/h1-10H/b14-5+,17-10-. The van der Waals surface area contributed by atoms with Crippen LogP contribution in [0, 0.1) is 21.4 Å². The van der Waals surface area contributed by atoms with Crippen molar-refractivity contribution in [2.45, 2.75) is 0 Å². The molecule has 4 nitrogen and oxygen atoms in total. The molecule has 114 valence electrons. The molecule has 0 heterocycles. The first kappa shape index (κ1) is 16.8. The number of nitrogens with zero attached hydrogens (tertiary/aromatic N) is 2. The third-order valence-electron chi connectivity index (χ3n) is 3.03. The second kappa shape index (κ2) is 7.59. The fourth-order valence-corrected chi connectivity index (χ4v) is 2.14. The molecule has 23 heavy (non-hydrogen) atoms. The van der Waals surface area contributed by atoms with Gasteiger partial charge in [0.2, 0.25) is 0 Å². The highest BCUT2D eigenvalue weighted by molar-refractivity contribution is 6.49. The van der Waals surface area contributed by atoms with Crippen molar-refractivity contribution in [3.63, 3.8) is 0 Å². The number of nitro benzene ring substituents is 1. The molecule has 0 bridgehead atoms. The average Bonchev–Trinajstić information content (AvgIpc) is 2.56. The number of nitro groups is 1. The van der Waals surface area contributed by atoms with E-state index in [0.29, 0.717) is 21.2 Å². The molecule has 2 aromatic carbocycles. The summed E-state index contributed by atoms with van der Waals surface area (Å²) in [5.74, 6) is 0. The Morgan fingerprint density at radius 2 is 1.61 bits per heavy atom. The number of non-ortho nitro benzene ring substituents is 1. The normalized spacial score (nSPS) is 11.9. The Bertz CT molecular complexity index is 817. The van der Waals surface area contributed by atoms with Crippen LogP contribution >= 0.6 is 23.2 Å². The van der Waals surface area contributed by atoms with Gasteiger partial charge in [-0.15, -0.1) is 0 Å². The predicted molar refractivity (Wildman–Crippen MR) is 92.0 cm³/mol. The number of rotatable bonds is 4. The molecule has 2 aromatic rings. The van der Waals surface area contributed by atoms with Gasteiger partial charge in [-0.05, 0) is 47.5 Å². The highest BCUT2D eigenvalue weighted by Crippen LogP contribution is 2.23. The van der Waals surface area contributed by atoms with Crippen LogP contribution in [0.25, 0.3) is 10.6 Å². The van der Waals surface area contributed by atoms with Gasteiger partial charge in [-0.1, -0.05) is 35.3 Å². The Kier molecular flexibility index (Phi) is 5.53. The molecule has 0 radical (unpaired) electrons. The van der Waals surface area contributed by atoms with Crippen molar-refractivity contribution in [3.8, 4) is 6.07 Å². The van der Waals surface area contributed by atoms with Crippen molar-refractivity contribution >= 4 is 39.5 Å². The molecule has 0 atom stereocenters. The van der Waals surface area contributed by atoms with Crippen LogP contribution in [0.5, 0.6) is 0 Å². The third-order valence-corrected chi connectivity index (χ3v) is 3.62. The molecule has 6 heteroatoms. The SMILES string of the molecule is N#C/C(=C\C=C(/Cl)c1ccc(Cl)cc1)c1ccc([N+](=O)[O-])cc1. The monoisotopic (exact) mass is 344 g/mol. The van der Waals surface area contributed by atoms with Crippen LogP contribution in [0.15, 0.2) is 60.7 Å². The van der Waals surface area contributed by atoms with E-state index in [9.17, 15) is 15.4 Å². The van der Waals surface area contributed by atoms with Gasteiger partial charge in [0.25, 0.3) is 5.69 Å². The number of nitriles is 1. The zero-order chi connectivity index (χ0) is 16.8. The summed E-state index contributed by atoms with van der Waals surface area (Å²) in [5.41, 5.74) is 1.68. The highest BCUT2D eigenvalue weighted by Gasteiger charge is 2.06. The smallest absolute Gasteiger partial charge is 0.258 e. The molecular weight excluding hydrogens is 335 g/mol. The zero-order valence-corrected chi connectivity index (χ0v) is 13.3. The van der Waals surface area contributed by atoms with Crippen molar-refractivity contribution in [2.75, 3.05) is 0 Å². The van der Waals surface area contributed by atoms with Crippen molar-refractivity contribution < 1.29 is 4.92 Å². The van der Waals surface area contributed by atoms with Gasteiger partial charge < -0.3 is 0 Å². The molecule has 0 fully saturated rings. The van der Waals surface area contributed by atoms with Crippen molar-refractivity contribution in [1.29, 1.82) is 5.26 Å². The van der Waals surface area contributed by atoms with E-state index in [2.05, 4.69) is 0 Å². The van der Waals surface area contributed by atoms with Gasteiger partial charge in [0.15, 0.2) is 0 Å². The quantitative estimate of drug-likeness (QED) is 0.321. The largest absolute Gasteiger partial charge is 0.269 e. The second-order valence-corrected chi connectivity index (χ2v) is 5.36. The van der Waals surface area contributed by atoms with E-state index >= 15 is 0 Å². The zero-order valence-electron chi connectivity index (χ0n) is 11.7. The van der Waals surface area contributed by atoms with Gasteiger partial charge in [0.1, 0.15) is 0 Å². The highest BCUT2D eigenvalue weighted by atomic mass is 35.5. The minimum Gasteiger partial charge on any atom is -0.258 e. The first-order valence-electron chi connectivity index (χ1n) is 6.49. The fourth-order valence-electron chi connectivity index (χ4n) is 1.82. The molecule has 0 saturated heterocycles. The molecule has 0 aromatic heterocycles. The van der Waals surface area contributed by atoms with Crippen LogP contribution in [0.4, 0.5) is 5.69 Å². The van der Waals surface area contributed by atoms with Crippen LogP contribution in [-0.2, 0) is 0 Å². The van der Waals surface area contributed by atoms with Crippen molar-refractivity contribution in [1.82, 2.24) is 0 Å². The van der Waals surface area contributed by atoms with E-state index in [0.717, 1.165) is 5.56 Å². The van der Waals surface area contributed by atoms with E-state index < -0.39 is 4.92 Å². The Hall–Kier alpha value is -2.61. The van der Waals surface area contributed by atoms with E-state index in [1.165, 1.54) is 24.3 Å². The van der Waals surface area contributed by atoms with Crippen molar-refractivity contribution in [3.05, 3.63) is 86.9 Å². The third kappa shape index (κ3) is 4.43. The van der Waals surface area contributed by atoms with Gasteiger partial charge >= 0.3 is 0 Å². The summed E-state index contributed by atoms with van der Waals surface area (Å²) in [6.45, 7) is 0. The Morgan fingerprint density at radius 1 is 1.04 bits per heavy atom. The molecular formula is C17H10Cl2N2O2. The molecule has 0 spiro atoms. The Labute approximate surface area is 143 Å². The van der Waals surface area contributed by atoms with Gasteiger partial charge in [-0.2, -0.15) is 5.26 Å². The van der Waals surface area contributed by atoms with Crippen LogP contribution in [-0.4, -0.2) is 4.92 Å². The number of allylic oxidation sites excluding steroid dienone is 3. The second-order valence-electron chi connectivity index (χ2n) is 4.52. The maximum Gasteiger partial charge on any atom is 0.269 e. The van der Waals surface area contributed by atoms with E-state index in [4.69, 9.17) is 23.2 Å². The van der Waals surface area contributed by atoms with Gasteiger partial charge in [0.05, 0.1) is 16.6 Å². The molecule has 0 aliphatic rings. The van der Waals surface area contributed by atoms with Crippen LogP contribution in [0.1, 0.15) is 11.1 Å². The lowest BCUT2D eigenvalue weighted by atomic mass is 10.1. The van der Waals surface area contributed by atoms with E-state index in [1.54, 1.807) is 36.4 Å². The molecule has 0 aliphatic heterocycles. The van der Waals surface area contributed by atoms with Crippen LogP contribution < -0.4 is 0 Å². The Balaban J connectivity index is 2.27. The molecule has 0 N–H and O–H groups in total. The minimum absolute atomic E-state index is 0.0271. The summed E-state index contributed by atoms with van der Waals surface area (Å²) in [4.78, 5) is 10.1. The summed E-state index contributed by atoms with van der Waals surface area (Å²) in [7, 11) is 0. The van der Waals surface area contributed by atoms with Crippen molar-refractivity contribution in [2.24, 2.45) is 0 Å². The number of hydrogen-bond donors (Lipinski definition) is 0. The average molecular weight is 345 g/mol. The molecule has 0 amide bonds.